The van der Waals surface area contributed by atoms with Gasteiger partial charge in [-0.3, -0.25) is 0 Å². The molecule has 0 atom stereocenters. The lowest BCUT2D eigenvalue weighted by molar-refractivity contribution is 0.0670. The molecule has 2 rings (SSSR count). The van der Waals surface area contributed by atoms with E-state index in [1.54, 1.807) is 12.1 Å². The van der Waals surface area contributed by atoms with Gasteiger partial charge in [0.15, 0.2) is 5.58 Å². The summed E-state index contributed by atoms with van der Waals surface area (Å²) >= 11 is 3.10. The van der Waals surface area contributed by atoms with E-state index in [0.717, 1.165) is 0 Å². The largest absolute Gasteiger partial charge is 0.424 e. The van der Waals surface area contributed by atoms with E-state index in [1.807, 2.05) is 0 Å². The normalized spacial score (nSPS) is 11.4. The van der Waals surface area contributed by atoms with Crippen molar-refractivity contribution in [1.29, 1.82) is 0 Å². The Kier molecular flexibility index (Phi) is 2.14. The van der Waals surface area contributed by atoms with Gasteiger partial charge in [0, 0.05) is 0 Å². The first-order chi connectivity index (χ1) is 6.61. The number of alkyl halides is 2. The summed E-state index contributed by atoms with van der Waals surface area (Å²) in [6.07, 6.45) is 0. The Bertz CT molecular complexity index is 532. The molecule has 0 spiro atoms. The SMILES string of the molecule is O=c1oc2c(Br)cccc2n1C(F)F. The van der Waals surface area contributed by atoms with Gasteiger partial charge in [0.05, 0.1) is 9.99 Å². The second-order valence-electron chi connectivity index (χ2n) is 2.60. The van der Waals surface area contributed by atoms with Crippen molar-refractivity contribution in [2.75, 3.05) is 0 Å². The van der Waals surface area contributed by atoms with Crippen molar-refractivity contribution >= 4 is 27.0 Å². The number of hydrogen-bond acceptors (Lipinski definition) is 2. The number of nitrogens with zero attached hydrogens (tertiary/aromatic N) is 1. The van der Waals surface area contributed by atoms with E-state index in [1.165, 1.54) is 6.07 Å². The molecule has 14 heavy (non-hydrogen) atoms. The molecule has 1 heterocycles. The molecular weight excluding hydrogens is 260 g/mol. The zero-order chi connectivity index (χ0) is 10.3. The highest BCUT2D eigenvalue weighted by atomic mass is 79.9. The standard InChI is InChI=1S/C8H4BrF2NO2/c9-4-2-1-3-5-6(4)14-8(13)12(5)7(10)11/h1-3,7H. The minimum atomic E-state index is -2.89. The second kappa shape index (κ2) is 3.20. The maximum absolute atomic E-state index is 12.4. The van der Waals surface area contributed by atoms with Crippen LogP contribution >= 0.6 is 15.9 Å². The molecular formula is C8H4BrF2NO2. The van der Waals surface area contributed by atoms with Crippen LogP contribution in [0, 0.1) is 0 Å². The molecule has 74 valence electrons. The van der Waals surface area contributed by atoms with Gasteiger partial charge in [-0.1, -0.05) is 6.07 Å². The molecule has 0 fully saturated rings. The Hall–Kier alpha value is -1.17. The van der Waals surface area contributed by atoms with Crippen molar-refractivity contribution in [1.82, 2.24) is 4.57 Å². The van der Waals surface area contributed by atoms with Crippen molar-refractivity contribution in [2.24, 2.45) is 0 Å². The van der Waals surface area contributed by atoms with Crippen molar-refractivity contribution in [3.05, 3.63) is 33.2 Å². The maximum atomic E-state index is 12.4. The molecule has 1 aromatic heterocycles. The summed E-state index contributed by atoms with van der Waals surface area (Å²) in [5.41, 5.74) is 0.220. The third kappa shape index (κ3) is 1.26. The summed E-state index contributed by atoms with van der Waals surface area (Å²) in [5.74, 6) is -1.05. The summed E-state index contributed by atoms with van der Waals surface area (Å²) in [5, 5.41) is 0. The highest BCUT2D eigenvalue weighted by molar-refractivity contribution is 9.10. The number of hydrogen-bond donors (Lipinski definition) is 0. The molecule has 6 heteroatoms. The van der Waals surface area contributed by atoms with Gasteiger partial charge in [-0.05, 0) is 28.1 Å². The highest BCUT2D eigenvalue weighted by Gasteiger charge is 2.17. The average Bonchev–Trinajstić information content (AvgIpc) is 2.42. The fraction of sp³-hybridized carbons (Fsp3) is 0.125. The predicted octanol–water partition coefficient (Wildman–Crippen LogP) is 2.75. The molecule has 0 unspecified atom stereocenters. The van der Waals surface area contributed by atoms with Gasteiger partial charge in [-0.15, -0.1) is 0 Å². The van der Waals surface area contributed by atoms with E-state index in [9.17, 15) is 13.6 Å². The first-order valence-electron chi connectivity index (χ1n) is 3.69. The summed E-state index contributed by atoms with van der Waals surface area (Å²) in [6.45, 7) is -2.89. The second-order valence-corrected chi connectivity index (χ2v) is 3.46. The summed E-state index contributed by atoms with van der Waals surface area (Å²) in [6, 6.07) is 4.57. The molecule has 0 radical (unpaired) electrons. The van der Waals surface area contributed by atoms with E-state index >= 15 is 0 Å². The third-order valence-corrected chi connectivity index (χ3v) is 2.41. The van der Waals surface area contributed by atoms with Gasteiger partial charge in [0.2, 0.25) is 0 Å². The maximum Gasteiger partial charge on any atom is 0.424 e. The lowest BCUT2D eigenvalue weighted by atomic mass is 10.3. The fourth-order valence-electron chi connectivity index (χ4n) is 1.21. The monoisotopic (exact) mass is 263 g/mol. The topological polar surface area (TPSA) is 35.1 Å². The van der Waals surface area contributed by atoms with Gasteiger partial charge in [0.25, 0.3) is 0 Å². The lowest BCUT2D eigenvalue weighted by Gasteiger charge is -1.98. The zero-order valence-electron chi connectivity index (χ0n) is 6.71. The number of benzene rings is 1. The van der Waals surface area contributed by atoms with Gasteiger partial charge in [-0.25, -0.2) is 9.36 Å². The number of aromatic nitrogens is 1. The van der Waals surface area contributed by atoms with Gasteiger partial charge < -0.3 is 4.42 Å². The number of oxazole rings is 1. The van der Waals surface area contributed by atoms with Crippen LogP contribution in [0.2, 0.25) is 0 Å². The Labute approximate surface area is 85.1 Å². The van der Waals surface area contributed by atoms with Crippen LogP contribution in [0.1, 0.15) is 6.55 Å². The molecule has 2 aromatic rings. The molecule has 0 N–H and O–H groups in total. The minimum Gasteiger partial charge on any atom is -0.406 e. The van der Waals surface area contributed by atoms with E-state index in [0.29, 0.717) is 9.04 Å². The smallest absolute Gasteiger partial charge is 0.406 e. The first-order valence-corrected chi connectivity index (χ1v) is 4.48. The lowest BCUT2D eigenvalue weighted by Crippen LogP contribution is -2.14. The van der Waals surface area contributed by atoms with Crippen LogP contribution in [-0.4, -0.2) is 4.57 Å². The van der Waals surface area contributed by atoms with E-state index < -0.39 is 12.3 Å². The predicted molar refractivity (Wildman–Crippen MR) is 49.4 cm³/mol. The third-order valence-electron chi connectivity index (χ3n) is 1.79. The van der Waals surface area contributed by atoms with Crippen LogP contribution in [0.5, 0.6) is 0 Å². The summed E-state index contributed by atoms with van der Waals surface area (Å²) in [4.78, 5) is 11.0. The Balaban J connectivity index is 2.91. The highest BCUT2D eigenvalue weighted by Crippen LogP contribution is 2.25. The van der Waals surface area contributed by atoms with Crippen LogP contribution < -0.4 is 5.76 Å². The minimum absolute atomic E-state index is 0.0828. The Morgan fingerprint density at radius 3 is 2.79 bits per heavy atom. The molecule has 3 nitrogen and oxygen atoms in total. The average molecular weight is 264 g/mol. The van der Waals surface area contributed by atoms with Crippen molar-refractivity contribution < 1.29 is 13.2 Å². The van der Waals surface area contributed by atoms with E-state index in [-0.39, 0.29) is 11.1 Å². The van der Waals surface area contributed by atoms with Crippen molar-refractivity contribution in [3.63, 3.8) is 0 Å². The molecule has 0 saturated heterocycles. The van der Waals surface area contributed by atoms with E-state index in [4.69, 9.17) is 0 Å². The fourth-order valence-corrected chi connectivity index (χ4v) is 1.64. The summed E-state index contributed by atoms with van der Waals surface area (Å²) in [7, 11) is 0. The molecule has 1 aromatic carbocycles. The van der Waals surface area contributed by atoms with Crippen LogP contribution in [0.25, 0.3) is 11.1 Å². The summed E-state index contributed by atoms with van der Waals surface area (Å²) < 4.78 is 30.3. The number of fused-ring (bicyclic) bond motifs is 1. The number of rotatable bonds is 1. The van der Waals surface area contributed by atoms with Crippen LogP contribution in [-0.2, 0) is 0 Å². The van der Waals surface area contributed by atoms with Crippen LogP contribution in [0.3, 0.4) is 0 Å². The molecule has 0 aliphatic heterocycles. The van der Waals surface area contributed by atoms with Gasteiger partial charge in [-0.2, -0.15) is 8.78 Å². The quantitative estimate of drug-likeness (QED) is 0.793. The zero-order valence-corrected chi connectivity index (χ0v) is 8.29. The van der Waals surface area contributed by atoms with Crippen molar-refractivity contribution in [3.8, 4) is 0 Å². The molecule has 0 bridgehead atoms. The Morgan fingerprint density at radius 2 is 2.14 bits per heavy atom. The first kappa shape index (κ1) is 9.39. The van der Waals surface area contributed by atoms with Crippen LogP contribution in [0.4, 0.5) is 8.78 Å². The molecule has 0 aliphatic carbocycles. The molecule has 0 saturated carbocycles. The molecule has 0 amide bonds. The number of para-hydroxylation sites is 1. The Morgan fingerprint density at radius 1 is 1.43 bits per heavy atom. The molecule has 0 aliphatic rings. The van der Waals surface area contributed by atoms with Gasteiger partial charge in [0.1, 0.15) is 0 Å². The van der Waals surface area contributed by atoms with E-state index in [2.05, 4.69) is 20.3 Å². The number of halogens is 3. The van der Waals surface area contributed by atoms with Gasteiger partial charge >= 0.3 is 12.3 Å². The van der Waals surface area contributed by atoms with Crippen molar-refractivity contribution in [2.45, 2.75) is 6.55 Å². The van der Waals surface area contributed by atoms with Crippen LogP contribution in [0.15, 0.2) is 31.9 Å².